The zero-order valence-corrected chi connectivity index (χ0v) is 19.4. The second-order valence-corrected chi connectivity index (χ2v) is 8.84. The summed E-state index contributed by atoms with van der Waals surface area (Å²) in [7, 11) is 3.48. The number of benzene rings is 1. The quantitative estimate of drug-likeness (QED) is 0.559. The topological polar surface area (TPSA) is 72.7 Å². The van der Waals surface area contributed by atoms with Crippen LogP contribution in [0, 0.1) is 13.8 Å². The summed E-state index contributed by atoms with van der Waals surface area (Å²) in [5.41, 5.74) is 3.25. The van der Waals surface area contributed by atoms with Gasteiger partial charge in [-0.15, -0.1) is 0 Å². The summed E-state index contributed by atoms with van der Waals surface area (Å²) in [6.45, 7) is 8.87. The molecular weight excluding hydrogens is 414 g/mol. The molecule has 0 spiro atoms. The first-order valence-corrected chi connectivity index (χ1v) is 11.4. The van der Waals surface area contributed by atoms with Crippen LogP contribution in [0.3, 0.4) is 0 Å². The molecule has 1 aliphatic heterocycles. The second-order valence-electron chi connectivity index (χ2n) is 7.86. The highest BCUT2D eigenvalue weighted by Gasteiger charge is 2.26. The first-order valence-electron chi connectivity index (χ1n) is 10.5. The van der Waals surface area contributed by atoms with Gasteiger partial charge in [0.1, 0.15) is 11.3 Å². The summed E-state index contributed by atoms with van der Waals surface area (Å²) in [6, 6.07) is 3.95. The van der Waals surface area contributed by atoms with Crippen LogP contribution in [0.1, 0.15) is 28.0 Å². The number of ether oxygens (including phenoxy) is 2. The van der Waals surface area contributed by atoms with Gasteiger partial charge >= 0.3 is 0 Å². The number of morpholine rings is 1. The number of fused-ring (bicyclic) bond motifs is 1. The van der Waals surface area contributed by atoms with Gasteiger partial charge in [-0.05, 0) is 31.9 Å². The molecule has 9 heteroatoms. The number of aryl methyl sites for hydroxylation is 3. The number of hydrogen-bond acceptors (Lipinski definition) is 7. The van der Waals surface area contributed by atoms with Crippen molar-refractivity contribution in [2.24, 2.45) is 7.05 Å². The van der Waals surface area contributed by atoms with Crippen molar-refractivity contribution in [3.05, 3.63) is 35.2 Å². The Morgan fingerprint density at radius 1 is 1.26 bits per heavy atom. The zero-order valence-electron chi connectivity index (χ0n) is 18.6. The third kappa shape index (κ3) is 4.58. The first-order chi connectivity index (χ1) is 15.0. The molecule has 3 aromatic rings. The minimum absolute atomic E-state index is 0.115. The Morgan fingerprint density at radius 2 is 2.03 bits per heavy atom. The van der Waals surface area contributed by atoms with Gasteiger partial charge in [-0.3, -0.25) is 19.3 Å². The van der Waals surface area contributed by atoms with E-state index in [9.17, 15) is 4.79 Å². The van der Waals surface area contributed by atoms with E-state index in [1.165, 1.54) is 11.3 Å². The fourth-order valence-electron chi connectivity index (χ4n) is 3.89. The van der Waals surface area contributed by atoms with Gasteiger partial charge in [0.15, 0.2) is 10.8 Å². The summed E-state index contributed by atoms with van der Waals surface area (Å²) in [4.78, 5) is 22.5. The molecule has 0 saturated carbocycles. The molecule has 3 heterocycles. The first kappa shape index (κ1) is 21.7. The second kappa shape index (κ2) is 9.33. The van der Waals surface area contributed by atoms with Crippen molar-refractivity contribution in [1.29, 1.82) is 0 Å². The molecule has 0 aliphatic carbocycles. The maximum absolute atomic E-state index is 13.5. The summed E-state index contributed by atoms with van der Waals surface area (Å²) in [5.74, 6) is 0.605. The fourth-order valence-corrected chi connectivity index (χ4v) is 4.96. The Bertz CT molecular complexity index is 1070. The lowest BCUT2D eigenvalue weighted by atomic mass is 10.2. The Morgan fingerprint density at radius 3 is 2.71 bits per heavy atom. The van der Waals surface area contributed by atoms with Gasteiger partial charge in [0, 0.05) is 45.0 Å². The Hall–Kier alpha value is -2.49. The van der Waals surface area contributed by atoms with E-state index in [0.29, 0.717) is 17.4 Å². The van der Waals surface area contributed by atoms with E-state index < -0.39 is 0 Å². The molecule has 1 aromatic carbocycles. The number of amides is 1. The minimum atomic E-state index is -0.115. The van der Waals surface area contributed by atoms with E-state index >= 15 is 0 Å². The van der Waals surface area contributed by atoms with Crippen molar-refractivity contribution in [3.63, 3.8) is 0 Å². The normalized spacial score (nSPS) is 14.8. The fraction of sp³-hybridized carbons (Fsp3) is 0.500. The molecule has 1 fully saturated rings. The van der Waals surface area contributed by atoms with Crippen molar-refractivity contribution in [2.75, 3.05) is 51.4 Å². The molecule has 1 amide bonds. The van der Waals surface area contributed by atoms with Crippen LogP contribution in [-0.4, -0.2) is 72.1 Å². The molecular formula is C22H29N5O3S. The molecule has 0 radical (unpaired) electrons. The number of methoxy groups -OCH3 is 1. The third-order valence-corrected chi connectivity index (χ3v) is 6.78. The molecule has 31 heavy (non-hydrogen) atoms. The lowest BCUT2D eigenvalue weighted by Crippen LogP contribution is -2.39. The van der Waals surface area contributed by atoms with E-state index in [4.69, 9.17) is 14.5 Å². The maximum atomic E-state index is 13.5. The van der Waals surface area contributed by atoms with Crippen LogP contribution in [-0.2, 0) is 11.8 Å². The smallest absolute Gasteiger partial charge is 0.280 e. The molecule has 0 atom stereocenters. The van der Waals surface area contributed by atoms with Gasteiger partial charge in [0.2, 0.25) is 0 Å². The summed E-state index contributed by atoms with van der Waals surface area (Å²) in [6.07, 6.45) is 2.72. The molecule has 1 saturated heterocycles. The number of rotatable bonds is 7. The highest BCUT2D eigenvalue weighted by atomic mass is 32.1. The minimum Gasteiger partial charge on any atom is -0.494 e. The highest BCUT2D eigenvalue weighted by Crippen LogP contribution is 2.37. The number of thiazole rings is 1. The standard InChI is InChI=1S/C22H29N5O3S/c1-15-6-7-17(29-4)19-20(15)31-22(23-19)27(9-5-8-26-10-12-30-13-11-26)21(28)18-16(2)14-25(3)24-18/h6-7,14H,5,8-13H2,1-4H3. The zero-order chi connectivity index (χ0) is 22.0. The molecule has 1 aliphatic rings. The van der Waals surface area contributed by atoms with Crippen LogP contribution < -0.4 is 9.64 Å². The summed E-state index contributed by atoms with van der Waals surface area (Å²) < 4.78 is 13.7. The van der Waals surface area contributed by atoms with Gasteiger partial charge in [0.05, 0.1) is 25.0 Å². The lowest BCUT2D eigenvalue weighted by molar-refractivity contribution is 0.0376. The van der Waals surface area contributed by atoms with E-state index in [1.807, 2.05) is 32.3 Å². The molecule has 4 rings (SSSR count). The van der Waals surface area contributed by atoms with Crippen molar-refractivity contribution in [3.8, 4) is 5.75 Å². The van der Waals surface area contributed by atoms with Gasteiger partial charge in [-0.25, -0.2) is 4.98 Å². The number of carbonyl (C=O) groups excluding carboxylic acids is 1. The number of anilines is 1. The van der Waals surface area contributed by atoms with Crippen LogP contribution in [0.25, 0.3) is 10.2 Å². The monoisotopic (exact) mass is 443 g/mol. The van der Waals surface area contributed by atoms with Crippen LogP contribution in [0.5, 0.6) is 5.75 Å². The number of aromatic nitrogens is 3. The third-order valence-electron chi connectivity index (χ3n) is 5.56. The largest absolute Gasteiger partial charge is 0.494 e. The van der Waals surface area contributed by atoms with Crippen LogP contribution in [0.2, 0.25) is 0 Å². The Kier molecular flexibility index (Phi) is 6.54. The van der Waals surface area contributed by atoms with Gasteiger partial charge in [-0.1, -0.05) is 17.4 Å². The van der Waals surface area contributed by atoms with E-state index in [2.05, 4.69) is 16.9 Å². The molecule has 166 valence electrons. The summed E-state index contributed by atoms with van der Waals surface area (Å²) in [5, 5.41) is 5.09. The van der Waals surface area contributed by atoms with Crippen molar-refractivity contribution in [2.45, 2.75) is 20.3 Å². The van der Waals surface area contributed by atoms with E-state index in [1.54, 1.807) is 16.7 Å². The van der Waals surface area contributed by atoms with Gasteiger partial charge in [0.25, 0.3) is 5.91 Å². The van der Waals surface area contributed by atoms with E-state index in [0.717, 1.165) is 66.4 Å². The molecule has 8 nitrogen and oxygen atoms in total. The van der Waals surface area contributed by atoms with Crippen LogP contribution in [0.4, 0.5) is 5.13 Å². The number of hydrogen-bond donors (Lipinski definition) is 0. The Balaban J connectivity index is 1.64. The van der Waals surface area contributed by atoms with Crippen molar-refractivity contribution >= 4 is 32.6 Å². The molecule has 0 unspecified atom stereocenters. The molecule has 0 bridgehead atoms. The SMILES string of the molecule is COc1ccc(C)c2sc(N(CCCN3CCOCC3)C(=O)c3nn(C)cc3C)nc12. The van der Waals surface area contributed by atoms with Crippen molar-refractivity contribution in [1.82, 2.24) is 19.7 Å². The number of nitrogens with zero attached hydrogens (tertiary/aromatic N) is 5. The predicted octanol–water partition coefficient (Wildman–Crippen LogP) is 3.02. The average molecular weight is 444 g/mol. The van der Waals surface area contributed by atoms with Crippen molar-refractivity contribution < 1.29 is 14.3 Å². The Labute approximate surface area is 186 Å². The lowest BCUT2D eigenvalue weighted by Gasteiger charge is -2.27. The van der Waals surface area contributed by atoms with Gasteiger partial charge < -0.3 is 9.47 Å². The average Bonchev–Trinajstić information content (AvgIpc) is 3.35. The molecule has 2 aromatic heterocycles. The number of carbonyl (C=O) groups is 1. The van der Waals surface area contributed by atoms with Gasteiger partial charge in [-0.2, -0.15) is 5.10 Å². The summed E-state index contributed by atoms with van der Waals surface area (Å²) >= 11 is 1.53. The predicted molar refractivity (Wildman–Crippen MR) is 122 cm³/mol. The maximum Gasteiger partial charge on any atom is 0.280 e. The molecule has 0 N–H and O–H groups in total. The van der Waals surface area contributed by atoms with E-state index in [-0.39, 0.29) is 5.91 Å². The van der Waals surface area contributed by atoms with Crippen LogP contribution in [0.15, 0.2) is 18.3 Å². The highest BCUT2D eigenvalue weighted by molar-refractivity contribution is 7.22. The van der Waals surface area contributed by atoms with Crippen LogP contribution >= 0.6 is 11.3 Å².